The molecule has 0 saturated carbocycles. The number of hydrogen-bond donors (Lipinski definition) is 2. The van der Waals surface area contributed by atoms with Crippen molar-refractivity contribution in [2.75, 3.05) is 5.43 Å². The van der Waals surface area contributed by atoms with Gasteiger partial charge in [-0.3, -0.25) is 5.84 Å². The molecule has 0 aliphatic carbocycles. The Morgan fingerprint density at radius 3 is 2.00 bits per heavy atom. The van der Waals surface area contributed by atoms with Crippen LogP contribution in [0.2, 0.25) is 0 Å². The third-order valence-corrected chi connectivity index (χ3v) is 0.940. The quantitative estimate of drug-likeness (QED) is 0.315. The van der Waals surface area contributed by atoms with Gasteiger partial charge in [0.25, 0.3) is 0 Å². The Morgan fingerprint density at radius 2 is 1.67 bits per heavy atom. The summed E-state index contributed by atoms with van der Waals surface area (Å²) < 4.78 is 0. The Balaban J connectivity index is 0.000000640. The van der Waals surface area contributed by atoms with Gasteiger partial charge in [0, 0.05) is 5.69 Å². The first-order valence-corrected chi connectivity index (χ1v) is 2.45. The predicted octanol–water partition coefficient (Wildman–Crippen LogP) is 0.324. The number of nitrogens with two attached hydrogens (primary N) is 1. The van der Waals surface area contributed by atoms with E-state index in [4.69, 9.17) is 5.84 Å². The Hall–Kier alpha value is -0.423. The van der Waals surface area contributed by atoms with Crippen molar-refractivity contribution in [2.24, 2.45) is 5.84 Å². The second-order valence-electron chi connectivity index (χ2n) is 1.51. The second kappa shape index (κ2) is 4.46. The molecular formula is C6H9LiN2. The maximum absolute atomic E-state index is 5.10. The fourth-order valence-electron chi connectivity index (χ4n) is 0.534. The molecule has 2 nitrogen and oxygen atoms in total. The van der Waals surface area contributed by atoms with Crippen LogP contribution in [0.3, 0.4) is 0 Å². The molecule has 0 spiro atoms. The van der Waals surface area contributed by atoms with Crippen LogP contribution in [0.15, 0.2) is 30.3 Å². The SMILES string of the molecule is NNc1ccccc1.[LiH]. The van der Waals surface area contributed by atoms with E-state index in [0.717, 1.165) is 5.69 Å². The standard InChI is InChI=1S/C6H8N2.Li.H/c7-8-6-4-2-1-3-5-6;;/h1-5,8H,7H2;;. The first kappa shape index (κ1) is 8.58. The van der Waals surface area contributed by atoms with E-state index in [2.05, 4.69) is 5.43 Å². The van der Waals surface area contributed by atoms with Gasteiger partial charge in [-0.15, -0.1) is 0 Å². The van der Waals surface area contributed by atoms with Crippen molar-refractivity contribution in [1.29, 1.82) is 0 Å². The Labute approximate surface area is 66.6 Å². The summed E-state index contributed by atoms with van der Waals surface area (Å²) in [6.07, 6.45) is 0. The minimum atomic E-state index is 0. The molecule has 0 bridgehead atoms. The van der Waals surface area contributed by atoms with E-state index < -0.39 is 0 Å². The third kappa shape index (κ3) is 2.57. The van der Waals surface area contributed by atoms with Crippen molar-refractivity contribution < 1.29 is 0 Å². The molecule has 0 aliphatic rings. The molecule has 3 heteroatoms. The Bertz CT molecular complexity index is 152. The fourth-order valence-corrected chi connectivity index (χ4v) is 0.534. The van der Waals surface area contributed by atoms with Crippen molar-refractivity contribution in [2.45, 2.75) is 0 Å². The Morgan fingerprint density at radius 1 is 1.11 bits per heavy atom. The van der Waals surface area contributed by atoms with Crippen molar-refractivity contribution in [3.8, 4) is 0 Å². The molecule has 0 fully saturated rings. The summed E-state index contributed by atoms with van der Waals surface area (Å²) in [5.41, 5.74) is 3.46. The van der Waals surface area contributed by atoms with Crippen molar-refractivity contribution >= 4 is 24.5 Å². The molecule has 0 radical (unpaired) electrons. The first-order valence-electron chi connectivity index (χ1n) is 2.45. The third-order valence-electron chi connectivity index (χ3n) is 0.940. The second-order valence-corrected chi connectivity index (χ2v) is 1.51. The van der Waals surface area contributed by atoms with E-state index >= 15 is 0 Å². The summed E-state index contributed by atoms with van der Waals surface area (Å²) in [5.74, 6) is 5.10. The van der Waals surface area contributed by atoms with Crippen molar-refractivity contribution in [1.82, 2.24) is 0 Å². The molecule has 0 aromatic heterocycles. The van der Waals surface area contributed by atoms with Crippen molar-refractivity contribution in [3.05, 3.63) is 30.3 Å². The van der Waals surface area contributed by atoms with Gasteiger partial charge in [0.15, 0.2) is 0 Å². The molecule has 3 N–H and O–H groups in total. The van der Waals surface area contributed by atoms with Crippen LogP contribution in [0, 0.1) is 0 Å². The molecule has 0 heterocycles. The van der Waals surface area contributed by atoms with E-state index in [-0.39, 0.29) is 18.9 Å². The van der Waals surface area contributed by atoms with Gasteiger partial charge >= 0.3 is 18.9 Å². The minimum absolute atomic E-state index is 0. The number of hydrazine groups is 1. The molecule has 9 heavy (non-hydrogen) atoms. The van der Waals surface area contributed by atoms with E-state index in [0.29, 0.717) is 0 Å². The number of anilines is 1. The molecule has 1 aromatic rings. The van der Waals surface area contributed by atoms with Gasteiger partial charge in [-0.1, -0.05) is 18.2 Å². The van der Waals surface area contributed by atoms with Crippen LogP contribution in [0.4, 0.5) is 5.69 Å². The van der Waals surface area contributed by atoms with Gasteiger partial charge in [-0.25, -0.2) is 0 Å². The summed E-state index contributed by atoms with van der Waals surface area (Å²) in [6, 6.07) is 9.60. The monoisotopic (exact) mass is 116 g/mol. The van der Waals surface area contributed by atoms with E-state index in [1.54, 1.807) is 0 Å². The first-order chi connectivity index (χ1) is 3.93. The zero-order valence-corrected chi connectivity index (χ0v) is 4.46. The molecule has 0 atom stereocenters. The molecule has 1 aromatic carbocycles. The van der Waals surface area contributed by atoms with Gasteiger partial charge in [0.1, 0.15) is 0 Å². The van der Waals surface area contributed by atoms with Crippen LogP contribution in [0.25, 0.3) is 0 Å². The van der Waals surface area contributed by atoms with Gasteiger partial charge in [0.05, 0.1) is 0 Å². The van der Waals surface area contributed by atoms with Crippen LogP contribution in [0.1, 0.15) is 0 Å². The van der Waals surface area contributed by atoms with Crippen molar-refractivity contribution in [3.63, 3.8) is 0 Å². The summed E-state index contributed by atoms with van der Waals surface area (Å²) in [4.78, 5) is 0. The molecular weight excluding hydrogens is 107 g/mol. The molecule has 44 valence electrons. The number of nitrogens with one attached hydrogen (secondary N) is 1. The number of nitrogen functional groups attached to an aromatic ring is 1. The average Bonchev–Trinajstić information content (AvgIpc) is 1.90. The van der Waals surface area contributed by atoms with Crippen LogP contribution >= 0.6 is 0 Å². The number of benzene rings is 1. The molecule has 0 saturated heterocycles. The van der Waals surface area contributed by atoms with Gasteiger partial charge in [0.2, 0.25) is 0 Å². The van der Waals surface area contributed by atoms with Gasteiger partial charge < -0.3 is 5.43 Å². The van der Waals surface area contributed by atoms with E-state index in [1.165, 1.54) is 0 Å². The zero-order chi connectivity index (χ0) is 5.82. The summed E-state index contributed by atoms with van der Waals surface area (Å²) in [5, 5.41) is 0. The van der Waals surface area contributed by atoms with E-state index in [9.17, 15) is 0 Å². The summed E-state index contributed by atoms with van der Waals surface area (Å²) in [7, 11) is 0. The number of rotatable bonds is 1. The predicted molar refractivity (Wildman–Crippen MR) is 41.4 cm³/mol. The van der Waals surface area contributed by atoms with Gasteiger partial charge in [-0.05, 0) is 12.1 Å². The number of hydrogen-bond acceptors (Lipinski definition) is 2. The average molecular weight is 116 g/mol. The van der Waals surface area contributed by atoms with Gasteiger partial charge in [-0.2, -0.15) is 0 Å². The summed E-state index contributed by atoms with van der Waals surface area (Å²) >= 11 is 0. The molecule has 0 amide bonds. The molecule has 0 unspecified atom stereocenters. The Kier molecular flexibility index (Phi) is 4.25. The fraction of sp³-hybridized carbons (Fsp3) is 0. The summed E-state index contributed by atoms with van der Waals surface area (Å²) in [6.45, 7) is 0. The molecule has 0 aliphatic heterocycles. The maximum atomic E-state index is 5.10. The molecule has 1 rings (SSSR count). The van der Waals surface area contributed by atoms with Crippen LogP contribution < -0.4 is 11.3 Å². The van der Waals surface area contributed by atoms with Crippen LogP contribution in [0.5, 0.6) is 0 Å². The van der Waals surface area contributed by atoms with Crippen LogP contribution in [-0.2, 0) is 0 Å². The normalized spacial score (nSPS) is 7.67. The topological polar surface area (TPSA) is 38.0 Å². The van der Waals surface area contributed by atoms with Crippen LogP contribution in [-0.4, -0.2) is 18.9 Å². The zero-order valence-electron chi connectivity index (χ0n) is 4.46. The number of para-hydroxylation sites is 1. The van der Waals surface area contributed by atoms with E-state index in [1.807, 2.05) is 30.3 Å².